The zero-order valence-electron chi connectivity index (χ0n) is 21.8. The van der Waals surface area contributed by atoms with E-state index in [2.05, 4.69) is 13.0 Å². The van der Waals surface area contributed by atoms with E-state index >= 15 is 0 Å². The summed E-state index contributed by atoms with van der Waals surface area (Å²) in [4.78, 5) is 22.4. The number of hydrogen-bond donors (Lipinski definition) is 0. The number of fused-ring (bicyclic) bond motifs is 1. The quantitative estimate of drug-likeness (QED) is 0.408. The maximum atomic E-state index is 13.7. The molecule has 7 nitrogen and oxygen atoms in total. The van der Waals surface area contributed by atoms with Crippen molar-refractivity contribution in [1.29, 1.82) is 0 Å². The van der Waals surface area contributed by atoms with Gasteiger partial charge in [0.25, 0.3) is 5.91 Å². The number of hydrogen-bond acceptors (Lipinski definition) is 6. The fourth-order valence-corrected chi connectivity index (χ4v) is 7.63. The number of thiazole rings is 1. The van der Waals surface area contributed by atoms with E-state index in [4.69, 9.17) is 4.98 Å². The summed E-state index contributed by atoms with van der Waals surface area (Å²) >= 11 is 1.52. The molecule has 0 saturated carbocycles. The number of likely N-dealkylation sites (N-methyl/N-ethyl adjacent to an activating group) is 1. The standard InChI is InChI=1S/C27H36N4O3S2/c1-6-22-9-7-8-14-31(22)36(33,34)23-12-10-21(11-13-23)26(32)30(16-15-29(4)5)27-28-24-18-19(2)17-20(3)25(24)35-27/h10-13,17-18,22H,6-9,14-16H2,1-5H3. The molecule has 4 rings (SSSR count). The Morgan fingerprint density at radius 2 is 1.83 bits per heavy atom. The number of aryl methyl sites for hydroxylation is 2. The number of carbonyl (C=O) groups excluding carboxylic acids is 1. The third kappa shape index (κ3) is 5.49. The lowest BCUT2D eigenvalue weighted by molar-refractivity contribution is 0.0985. The van der Waals surface area contributed by atoms with E-state index < -0.39 is 10.0 Å². The van der Waals surface area contributed by atoms with Gasteiger partial charge in [0.05, 0.1) is 15.1 Å². The van der Waals surface area contributed by atoms with Crippen LogP contribution in [-0.2, 0) is 10.0 Å². The van der Waals surface area contributed by atoms with Gasteiger partial charge in [-0.25, -0.2) is 13.4 Å². The van der Waals surface area contributed by atoms with Gasteiger partial charge in [-0.15, -0.1) is 0 Å². The van der Waals surface area contributed by atoms with Crippen LogP contribution in [0.15, 0.2) is 41.3 Å². The Morgan fingerprint density at radius 1 is 1.11 bits per heavy atom. The normalized spacial score (nSPS) is 17.1. The highest BCUT2D eigenvalue weighted by molar-refractivity contribution is 7.89. The fraction of sp³-hybridized carbons (Fsp3) is 0.481. The first-order valence-corrected chi connectivity index (χ1v) is 14.8. The van der Waals surface area contributed by atoms with Gasteiger partial charge in [0.1, 0.15) is 0 Å². The Bertz CT molecular complexity index is 1330. The smallest absolute Gasteiger partial charge is 0.260 e. The molecule has 1 unspecified atom stereocenters. The molecule has 36 heavy (non-hydrogen) atoms. The molecule has 2 aromatic carbocycles. The summed E-state index contributed by atoms with van der Waals surface area (Å²) in [5.41, 5.74) is 3.62. The molecule has 1 aliphatic rings. The monoisotopic (exact) mass is 528 g/mol. The topological polar surface area (TPSA) is 73.8 Å². The lowest BCUT2D eigenvalue weighted by Gasteiger charge is -2.34. The highest BCUT2D eigenvalue weighted by Crippen LogP contribution is 2.33. The third-order valence-electron chi connectivity index (χ3n) is 6.81. The highest BCUT2D eigenvalue weighted by atomic mass is 32.2. The van der Waals surface area contributed by atoms with Gasteiger partial charge in [-0.05, 0) is 88.7 Å². The second kappa shape index (κ2) is 11.0. The summed E-state index contributed by atoms with van der Waals surface area (Å²) in [5.74, 6) is -0.182. The molecule has 3 aromatic rings. The molecule has 1 aliphatic heterocycles. The molecular weight excluding hydrogens is 492 g/mol. The molecule has 0 N–H and O–H groups in total. The first-order chi connectivity index (χ1) is 17.1. The van der Waals surface area contributed by atoms with E-state index in [1.54, 1.807) is 33.5 Å². The molecule has 1 saturated heterocycles. The van der Waals surface area contributed by atoms with Crippen molar-refractivity contribution in [2.75, 3.05) is 38.6 Å². The minimum atomic E-state index is -3.59. The second-order valence-electron chi connectivity index (χ2n) is 9.88. The SMILES string of the molecule is CCC1CCCCN1S(=O)(=O)c1ccc(C(=O)N(CCN(C)C)c2nc3cc(C)cc(C)c3s2)cc1. The molecule has 0 radical (unpaired) electrons. The molecule has 194 valence electrons. The van der Waals surface area contributed by atoms with Crippen molar-refractivity contribution in [3.8, 4) is 0 Å². The number of piperidine rings is 1. The Morgan fingerprint density at radius 3 is 2.50 bits per heavy atom. The predicted octanol–water partition coefficient (Wildman–Crippen LogP) is 5.07. The molecule has 0 spiro atoms. The summed E-state index contributed by atoms with van der Waals surface area (Å²) < 4.78 is 29.4. The molecule has 9 heteroatoms. The second-order valence-corrected chi connectivity index (χ2v) is 12.8. The lowest BCUT2D eigenvalue weighted by atomic mass is 10.0. The van der Waals surface area contributed by atoms with E-state index in [1.807, 2.05) is 38.9 Å². The van der Waals surface area contributed by atoms with Crippen molar-refractivity contribution in [2.45, 2.75) is 57.4 Å². The van der Waals surface area contributed by atoms with Crippen LogP contribution >= 0.6 is 11.3 Å². The maximum Gasteiger partial charge on any atom is 0.260 e. The van der Waals surface area contributed by atoms with Crippen molar-refractivity contribution >= 4 is 42.6 Å². The minimum Gasteiger partial charge on any atom is -0.308 e. The third-order valence-corrected chi connectivity index (χ3v) is 10.0. The lowest BCUT2D eigenvalue weighted by Crippen LogP contribution is -2.43. The number of rotatable bonds is 8. The van der Waals surface area contributed by atoms with Crippen molar-refractivity contribution < 1.29 is 13.2 Å². The van der Waals surface area contributed by atoms with E-state index in [0.717, 1.165) is 47.0 Å². The van der Waals surface area contributed by atoms with Crippen LogP contribution in [0, 0.1) is 13.8 Å². The number of benzene rings is 2. The average Bonchev–Trinajstić information content (AvgIpc) is 3.28. The summed E-state index contributed by atoms with van der Waals surface area (Å²) in [7, 11) is 0.347. The summed E-state index contributed by atoms with van der Waals surface area (Å²) in [5, 5.41) is 0.654. The number of sulfonamides is 1. The van der Waals surface area contributed by atoms with Crippen molar-refractivity contribution in [3.63, 3.8) is 0 Å². The van der Waals surface area contributed by atoms with Gasteiger partial charge in [0.15, 0.2) is 5.13 Å². The first kappa shape index (κ1) is 26.7. The van der Waals surface area contributed by atoms with Gasteiger partial charge < -0.3 is 4.90 Å². The Hall–Kier alpha value is -2.33. The minimum absolute atomic E-state index is 0.0395. The van der Waals surface area contributed by atoms with Crippen LogP contribution < -0.4 is 4.90 Å². The van der Waals surface area contributed by atoms with Crippen LogP contribution in [0.3, 0.4) is 0 Å². The van der Waals surface area contributed by atoms with Gasteiger partial charge >= 0.3 is 0 Å². The fourth-order valence-electron chi connectivity index (χ4n) is 4.82. The summed E-state index contributed by atoms with van der Waals surface area (Å²) in [6.45, 7) is 7.86. The van der Waals surface area contributed by atoms with E-state index in [1.165, 1.54) is 11.3 Å². The molecule has 0 bridgehead atoms. The van der Waals surface area contributed by atoms with Gasteiger partial charge in [-0.3, -0.25) is 9.69 Å². The number of amides is 1. The molecule has 1 fully saturated rings. The van der Waals surface area contributed by atoms with Crippen molar-refractivity contribution in [3.05, 3.63) is 53.1 Å². The first-order valence-electron chi connectivity index (χ1n) is 12.6. The van der Waals surface area contributed by atoms with E-state index in [9.17, 15) is 13.2 Å². The molecule has 1 atom stereocenters. The summed E-state index contributed by atoms with van der Waals surface area (Å²) in [6.07, 6.45) is 3.64. The zero-order chi connectivity index (χ0) is 26.0. The molecule has 0 aliphatic carbocycles. The number of nitrogens with zero attached hydrogens (tertiary/aromatic N) is 4. The largest absolute Gasteiger partial charge is 0.308 e. The highest BCUT2D eigenvalue weighted by Gasteiger charge is 2.32. The van der Waals surface area contributed by atoms with Crippen molar-refractivity contribution in [1.82, 2.24) is 14.2 Å². The van der Waals surface area contributed by atoms with Gasteiger partial charge in [-0.2, -0.15) is 4.31 Å². The van der Waals surface area contributed by atoms with Crippen LogP contribution in [0.1, 0.15) is 54.1 Å². The van der Waals surface area contributed by atoms with E-state index in [-0.39, 0.29) is 16.8 Å². The Labute approximate surface area is 218 Å². The van der Waals surface area contributed by atoms with Gasteiger partial charge in [0.2, 0.25) is 10.0 Å². The van der Waals surface area contributed by atoms with Crippen LogP contribution in [0.2, 0.25) is 0 Å². The molecule has 2 heterocycles. The molecule has 1 amide bonds. The van der Waals surface area contributed by atoms with Crippen molar-refractivity contribution in [2.24, 2.45) is 0 Å². The number of anilines is 1. The van der Waals surface area contributed by atoms with E-state index in [0.29, 0.717) is 30.3 Å². The number of carbonyl (C=O) groups is 1. The predicted molar refractivity (Wildman–Crippen MR) is 148 cm³/mol. The number of aromatic nitrogens is 1. The maximum absolute atomic E-state index is 13.7. The summed E-state index contributed by atoms with van der Waals surface area (Å²) in [6, 6.07) is 10.6. The van der Waals surface area contributed by atoms with Gasteiger partial charge in [-0.1, -0.05) is 30.7 Å². The average molecular weight is 529 g/mol. The molecular formula is C27H36N4O3S2. The van der Waals surface area contributed by atoms with Crippen LogP contribution in [0.5, 0.6) is 0 Å². The zero-order valence-corrected chi connectivity index (χ0v) is 23.5. The Kier molecular flexibility index (Phi) is 8.14. The van der Waals surface area contributed by atoms with Crippen LogP contribution in [0.4, 0.5) is 5.13 Å². The van der Waals surface area contributed by atoms with Crippen LogP contribution in [-0.4, -0.2) is 68.3 Å². The molecule has 1 aromatic heterocycles. The van der Waals surface area contributed by atoms with Gasteiger partial charge in [0, 0.05) is 31.2 Å². The Balaban J connectivity index is 1.64. The van der Waals surface area contributed by atoms with Crippen LogP contribution in [0.25, 0.3) is 10.2 Å².